The van der Waals surface area contributed by atoms with Crippen LogP contribution >= 0.6 is 11.3 Å². The average molecular weight is 225 g/mol. The summed E-state index contributed by atoms with van der Waals surface area (Å²) in [4.78, 5) is 22.9. The van der Waals surface area contributed by atoms with Crippen molar-refractivity contribution in [3.05, 3.63) is 17.8 Å². The van der Waals surface area contributed by atoms with Crippen molar-refractivity contribution in [3.63, 3.8) is 0 Å². The van der Waals surface area contributed by atoms with Crippen molar-refractivity contribution in [1.29, 1.82) is 0 Å². The molecule has 2 aromatic heterocycles. The number of aliphatic carboxylic acids is 1. The zero-order valence-corrected chi connectivity index (χ0v) is 8.32. The van der Waals surface area contributed by atoms with Crippen LogP contribution in [0.15, 0.2) is 17.8 Å². The Bertz CT molecular complexity index is 485. The smallest absolute Gasteiger partial charge is 0.332 e. The van der Waals surface area contributed by atoms with Crippen LogP contribution in [0.4, 0.5) is 5.82 Å². The summed E-state index contributed by atoms with van der Waals surface area (Å²) in [5.74, 6) is -0.560. The van der Waals surface area contributed by atoms with Gasteiger partial charge in [-0.05, 0) is 11.4 Å². The molecule has 0 atom stereocenters. The summed E-state index contributed by atoms with van der Waals surface area (Å²) in [6.07, 6.45) is 1.39. The van der Waals surface area contributed by atoms with Gasteiger partial charge in [0, 0.05) is 0 Å². The maximum Gasteiger partial charge on any atom is 0.332 e. The van der Waals surface area contributed by atoms with Gasteiger partial charge in [0.15, 0.2) is 12.4 Å². The lowest BCUT2D eigenvalue weighted by Crippen LogP contribution is -2.12. The third-order valence-corrected chi connectivity index (χ3v) is 2.52. The number of fused-ring (bicyclic) bond motifs is 1. The highest BCUT2D eigenvalue weighted by Crippen LogP contribution is 2.24. The molecule has 0 amide bonds. The first-order chi connectivity index (χ1) is 7.27. The van der Waals surface area contributed by atoms with Crippen LogP contribution < -0.4 is 5.48 Å². The molecule has 0 spiro atoms. The highest BCUT2D eigenvalue weighted by Gasteiger charge is 2.05. The molecule has 78 valence electrons. The molecule has 0 aromatic carbocycles. The molecule has 0 unspecified atom stereocenters. The van der Waals surface area contributed by atoms with Crippen LogP contribution in [0.25, 0.3) is 10.2 Å². The number of hydrogen-bond donors (Lipinski definition) is 2. The second-order valence-electron chi connectivity index (χ2n) is 2.64. The van der Waals surface area contributed by atoms with Crippen molar-refractivity contribution < 1.29 is 14.7 Å². The Morgan fingerprint density at radius 2 is 2.47 bits per heavy atom. The van der Waals surface area contributed by atoms with Crippen molar-refractivity contribution in [1.82, 2.24) is 9.97 Å². The third-order valence-electron chi connectivity index (χ3n) is 1.61. The van der Waals surface area contributed by atoms with Crippen LogP contribution in [0.1, 0.15) is 0 Å². The van der Waals surface area contributed by atoms with Crippen LogP contribution in [0.3, 0.4) is 0 Å². The second-order valence-corrected chi connectivity index (χ2v) is 3.56. The number of thiophene rings is 1. The number of carboxylic acid groups (broad SMARTS) is 1. The lowest BCUT2D eigenvalue weighted by molar-refractivity contribution is -0.141. The van der Waals surface area contributed by atoms with Crippen molar-refractivity contribution >= 4 is 33.3 Å². The van der Waals surface area contributed by atoms with E-state index in [1.807, 2.05) is 11.4 Å². The first-order valence-electron chi connectivity index (χ1n) is 4.05. The highest BCUT2D eigenvalue weighted by atomic mass is 32.1. The Morgan fingerprint density at radius 1 is 1.60 bits per heavy atom. The molecule has 0 aliphatic heterocycles. The first kappa shape index (κ1) is 9.81. The molecule has 0 aliphatic carbocycles. The Morgan fingerprint density at radius 3 is 3.27 bits per heavy atom. The summed E-state index contributed by atoms with van der Waals surface area (Å²) < 4.78 is 0.836. The number of hydrogen-bond acceptors (Lipinski definition) is 6. The van der Waals surface area contributed by atoms with Gasteiger partial charge in [-0.2, -0.15) is 0 Å². The van der Waals surface area contributed by atoms with Crippen LogP contribution in [0, 0.1) is 0 Å². The van der Waals surface area contributed by atoms with E-state index in [-0.39, 0.29) is 0 Å². The van der Waals surface area contributed by atoms with Gasteiger partial charge >= 0.3 is 5.97 Å². The molecule has 0 saturated carbocycles. The van der Waals surface area contributed by atoms with Gasteiger partial charge in [-0.25, -0.2) is 20.2 Å². The minimum absolute atomic E-state index is 0.420. The number of carbonyl (C=O) groups is 1. The van der Waals surface area contributed by atoms with Crippen LogP contribution in [-0.2, 0) is 9.63 Å². The molecule has 0 aliphatic rings. The molecule has 2 aromatic rings. The maximum absolute atomic E-state index is 10.2. The second kappa shape index (κ2) is 4.20. The number of rotatable bonds is 4. The fourth-order valence-corrected chi connectivity index (χ4v) is 1.81. The lowest BCUT2D eigenvalue weighted by Gasteiger charge is -2.03. The summed E-state index contributed by atoms with van der Waals surface area (Å²) in [6.45, 7) is -0.420. The third kappa shape index (κ3) is 2.20. The van der Waals surface area contributed by atoms with Gasteiger partial charge < -0.3 is 5.11 Å². The van der Waals surface area contributed by atoms with E-state index in [1.165, 1.54) is 17.7 Å². The van der Waals surface area contributed by atoms with E-state index in [0.717, 1.165) is 10.2 Å². The van der Waals surface area contributed by atoms with Crippen LogP contribution in [0.5, 0.6) is 0 Å². The zero-order valence-electron chi connectivity index (χ0n) is 7.51. The van der Waals surface area contributed by atoms with E-state index in [9.17, 15) is 4.79 Å². The Kier molecular flexibility index (Phi) is 2.75. The van der Waals surface area contributed by atoms with Crippen LogP contribution in [0.2, 0.25) is 0 Å². The minimum Gasteiger partial charge on any atom is -0.479 e. The molecule has 2 N–H and O–H groups in total. The zero-order chi connectivity index (χ0) is 10.7. The molecular formula is C8H7N3O3S. The fraction of sp³-hybridized carbons (Fsp3) is 0.125. The van der Waals surface area contributed by atoms with Gasteiger partial charge in [0.25, 0.3) is 0 Å². The van der Waals surface area contributed by atoms with Gasteiger partial charge in [-0.3, -0.25) is 4.84 Å². The maximum atomic E-state index is 10.2. The summed E-state index contributed by atoms with van der Waals surface area (Å²) >= 11 is 1.46. The SMILES string of the molecule is O=C(O)CONc1ncnc2ccsc12. The van der Waals surface area contributed by atoms with E-state index in [2.05, 4.69) is 15.4 Å². The van der Waals surface area contributed by atoms with E-state index in [4.69, 9.17) is 9.94 Å². The van der Waals surface area contributed by atoms with E-state index in [0.29, 0.717) is 5.82 Å². The summed E-state index contributed by atoms with van der Waals surface area (Å²) in [6, 6.07) is 1.85. The largest absolute Gasteiger partial charge is 0.479 e. The Balaban J connectivity index is 2.13. The Labute approximate surface area is 88.5 Å². The normalized spacial score (nSPS) is 10.4. The average Bonchev–Trinajstić information content (AvgIpc) is 2.65. The molecule has 7 heteroatoms. The monoisotopic (exact) mass is 225 g/mol. The van der Waals surface area contributed by atoms with Gasteiger partial charge in [0.1, 0.15) is 6.33 Å². The standard InChI is InChI=1S/C8H7N3O3S/c12-6(13)3-14-11-8-7-5(1-2-15-7)9-4-10-8/h1-2,4H,3H2,(H,12,13)(H,9,10,11). The summed E-state index contributed by atoms with van der Waals surface area (Å²) in [5.41, 5.74) is 3.29. The molecule has 0 radical (unpaired) electrons. The molecule has 0 saturated heterocycles. The van der Waals surface area contributed by atoms with Crippen LogP contribution in [-0.4, -0.2) is 27.7 Å². The van der Waals surface area contributed by atoms with Crippen molar-refractivity contribution in [3.8, 4) is 0 Å². The van der Waals surface area contributed by atoms with Gasteiger partial charge in [-0.15, -0.1) is 11.3 Å². The fourth-order valence-electron chi connectivity index (χ4n) is 1.03. The van der Waals surface area contributed by atoms with Gasteiger partial charge in [0.05, 0.1) is 10.2 Å². The number of nitrogens with one attached hydrogen (secondary N) is 1. The molecule has 6 nitrogen and oxygen atoms in total. The van der Waals surface area contributed by atoms with E-state index in [1.54, 1.807) is 0 Å². The number of nitrogens with zero attached hydrogens (tertiary/aromatic N) is 2. The number of aromatic nitrogens is 2. The predicted molar refractivity (Wildman–Crippen MR) is 54.6 cm³/mol. The van der Waals surface area contributed by atoms with Crippen molar-refractivity contribution in [2.24, 2.45) is 0 Å². The predicted octanol–water partition coefficient (Wildman–Crippen LogP) is 1.12. The quantitative estimate of drug-likeness (QED) is 0.758. The molecular weight excluding hydrogens is 218 g/mol. The molecule has 0 bridgehead atoms. The lowest BCUT2D eigenvalue weighted by atomic mass is 10.4. The Hall–Kier alpha value is -1.73. The van der Waals surface area contributed by atoms with Gasteiger partial charge in [-0.1, -0.05) is 0 Å². The summed E-state index contributed by atoms with van der Waals surface area (Å²) in [5, 5.41) is 10.2. The van der Waals surface area contributed by atoms with Gasteiger partial charge in [0.2, 0.25) is 0 Å². The molecule has 15 heavy (non-hydrogen) atoms. The van der Waals surface area contributed by atoms with E-state index >= 15 is 0 Å². The minimum atomic E-state index is -1.04. The molecule has 2 heterocycles. The topological polar surface area (TPSA) is 84.3 Å². The van der Waals surface area contributed by atoms with Crippen molar-refractivity contribution in [2.75, 3.05) is 12.1 Å². The van der Waals surface area contributed by atoms with E-state index < -0.39 is 12.6 Å². The molecule has 2 rings (SSSR count). The van der Waals surface area contributed by atoms with Crippen molar-refractivity contribution in [2.45, 2.75) is 0 Å². The number of anilines is 1. The highest BCUT2D eigenvalue weighted by molar-refractivity contribution is 7.17. The first-order valence-corrected chi connectivity index (χ1v) is 4.93. The molecule has 0 fully saturated rings. The summed E-state index contributed by atoms with van der Waals surface area (Å²) in [7, 11) is 0. The number of carboxylic acids is 1.